The van der Waals surface area contributed by atoms with Gasteiger partial charge in [0, 0.05) is 25.2 Å². The molecule has 1 aromatic carbocycles. The van der Waals surface area contributed by atoms with Crippen LogP contribution < -0.4 is 0 Å². The molecule has 2 atom stereocenters. The van der Waals surface area contributed by atoms with Crippen LogP contribution in [0.3, 0.4) is 0 Å². The van der Waals surface area contributed by atoms with E-state index in [0.717, 1.165) is 12.8 Å². The fraction of sp³-hybridized carbons (Fsp3) is 0.682. The van der Waals surface area contributed by atoms with Crippen molar-refractivity contribution in [2.75, 3.05) is 13.6 Å². The fourth-order valence-electron chi connectivity index (χ4n) is 5.52. The molecule has 4 rings (SSSR count). The maximum absolute atomic E-state index is 12.9. The van der Waals surface area contributed by atoms with E-state index in [9.17, 15) is 9.90 Å². The minimum Gasteiger partial charge on any atom is -0.508 e. The third-order valence-electron chi connectivity index (χ3n) is 7.06. The molecule has 1 saturated carbocycles. The van der Waals surface area contributed by atoms with Crippen LogP contribution in [0.15, 0.2) is 24.3 Å². The molecule has 2 heterocycles. The van der Waals surface area contributed by atoms with Gasteiger partial charge in [-0.05, 0) is 62.1 Å². The zero-order valence-electron chi connectivity index (χ0n) is 15.9. The third kappa shape index (κ3) is 3.62. The number of phenolic OH excluding ortho intramolecular Hbond substituents is 1. The second-order valence-electron chi connectivity index (χ2n) is 8.62. The van der Waals surface area contributed by atoms with E-state index in [1.54, 1.807) is 6.07 Å². The average molecular weight is 357 g/mol. The third-order valence-corrected chi connectivity index (χ3v) is 7.06. The number of carbonyl (C=O) groups is 1. The van der Waals surface area contributed by atoms with Gasteiger partial charge in [-0.15, -0.1) is 0 Å². The molecule has 2 bridgehead atoms. The lowest BCUT2D eigenvalue weighted by molar-refractivity contribution is -0.135. The molecule has 142 valence electrons. The largest absolute Gasteiger partial charge is 0.508 e. The maximum atomic E-state index is 12.9. The van der Waals surface area contributed by atoms with Crippen LogP contribution in [-0.4, -0.2) is 52.5 Å². The molecule has 4 nitrogen and oxygen atoms in total. The molecule has 1 aromatic rings. The SMILES string of the molecule is CN(C(=O)CN1C2CCC1CC(c1cccc(O)c1)C2)C1CCCCC1. The van der Waals surface area contributed by atoms with Crippen molar-refractivity contribution < 1.29 is 9.90 Å². The second-order valence-corrected chi connectivity index (χ2v) is 8.62. The summed E-state index contributed by atoms with van der Waals surface area (Å²) in [5, 5.41) is 9.79. The maximum Gasteiger partial charge on any atom is 0.236 e. The second kappa shape index (κ2) is 7.59. The molecule has 3 fully saturated rings. The number of nitrogens with zero attached hydrogens (tertiary/aromatic N) is 2. The van der Waals surface area contributed by atoms with Crippen LogP contribution in [-0.2, 0) is 4.79 Å². The lowest BCUT2D eigenvalue weighted by Crippen LogP contribution is -2.49. The number of benzene rings is 1. The van der Waals surface area contributed by atoms with Crippen LogP contribution in [0.5, 0.6) is 5.75 Å². The van der Waals surface area contributed by atoms with E-state index < -0.39 is 0 Å². The minimum absolute atomic E-state index is 0.310. The van der Waals surface area contributed by atoms with Gasteiger partial charge in [-0.25, -0.2) is 0 Å². The van der Waals surface area contributed by atoms with E-state index in [-0.39, 0.29) is 0 Å². The molecule has 2 unspecified atom stereocenters. The van der Waals surface area contributed by atoms with Crippen molar-refractivity contribution in [3.8, 4) is 5.75 Å². The molecule has 0 spiro atoms. The molecule has 4 heteroatoms. The predicted molar refractivity (Wildman–Crippen MR) is 103 cm³/mol. The molecule has 0 radical (unpaired) electrons. The first-order valence-electron chi connectivity index (χ1n) is 10.4. The van der Waals surface area contributed by atoms with Crippen molar-refractivity contribution in [3.05, 3.63) is 29.8 Å². The number of rotatable bonds is 4. The first-order chi connectivity index (χ1) is 12.6. The van der Waals surface area contributed by atoms with Crippen LogP contribution in [0.25, 0.3) is 0 Å². The molecule has 2 aliphatic heterocycles. The summed E-state index contributed by atoms with van der Waals surface area (Å²) in [7, 11) is 2.01. The fourth-order valence-corrected chi connectivity index (χ4v) is 5.52. The molecular weight excluding hydrogens is 324 g/mol. The molecule has 3 aliphatic rings. The Morgan fingerprint density at radius 1 is 1.12 bits per heavy atom. The summed E-state index contributed by atoms with van der Waals surface area (Å²) in [6.45, 7) is 0.592. The summed E-state index contributed by atoms with van der Waals surface area (Å²) < 4.78 is 0. The molecule has 1 N–H and O–H groups in total. The molecular formula is C22H32N2O2. The van der Waals surface area contributed by atoms with Crippen molar-refractivity contribution in [1.29, 1.82) is 0 Å². The van der Waals surface area contributed by atoms with Gasteiger partial charge in [-0.3, -0.25) is 9.69 Å². The Morgan fingerprint density at radius 3 is 2.46 bits per heavy atom. The zero-order chi connectivity index (χ0) is 18.1. The van der Waals surface area contributed by atoms with Crippen molar-refractivity contribution in [2.24, 2.45) is 0 Å². The molecule has 1 aliphatic carbocycles. The first-order valence-corrected chi connectivity index (χ1v) is 10.4. The van der Waals surface area contributed by atoms with Crippen molar-refractivity contribution in [2.45, 2.75) is 81.8 Å². The monoisotopic (exact) mass is 356 g/mol. The van der Waals surface area contributed by atoms with E-state index in [1.165, 1.54) is 50.5 Å². The van der Waals surface area contributed by atoms with Crippen LogP contribution in [0.2, 0.25) is 0 Å². The summed E-state index contributed by atoms with van der Waals surface area (Å²) in [6, 6.07) is 9.24. The summed E-state index contributed by atoms with van der Waals surface area (Å²) in [5.41, 5.74) is 1.26. The topological polar surface area (TPSA) is 43.8 Å². The van der Waals surface area contributed by atoms with Gasteiger partial charge in [0.15, 0.2) is 0 Å². The van der Waals surface area contributed by atoms with E-state index in [0.29, 0.717) is 42.2 Å². The van der Waals surface area contributed by atoms with Gasteiger partial charge in [0.2, 0.25) is 5.91 Å². The zero-order valence-corrected chi connectivity index (χ0v) is 15.9. The highest BCUT2D eigenvalue weighted by Crippen LogP contribution is 2.43. The molecule has 1 amide bonds. The number of hydrogen-bond acceptors (Lipinski definition) is 3. The van der Waals surface area contributed by atoms with Crippen molar-refractivity contribution >= 4 is 5.91 Å². The van der Waals surface area contributed by atoms with Gasteiger partial charge in [0.05, 0.1) is 6.54 Å². The van der Waals surface area contributed by atoms with Crippen LogP contribution in [0.4, 0.5) is 0 Å². The Hall–Kier alpha value is -1.55. The Labute approximate surface area is 157 Å². The number of phenols is 1. The minimum atomic E-state index is 0.310. The highest BCUT2D eigenvalue weighted by molar-refractivity contribution is 5.78. The number of aromatic hydroxyl groups is 1. The lowest BCUT2D eigenvalue weighted by Gasteiger charge is -2.40. The number of likely N-dealkylation sites (N-methyl/N-ethyl adjacent to an activating group) is 1. The quantitative estimate of drug-likeness (QED) is 0.890. The van der Waals surface area contributed by atoms with Crippen LogP contribution >= 0.6 is 0 Å². The highest BCUT2D eigenvalue weighted by atomic mass is 16.3. The van der Waals surface area contributed by atoms with Gasteiger partial charge in [-0.1, -0.05) is 31.4 Å². The number of piperidine rings is 1. The Balaban J connectivity index is 1.38. The van der Waals surface area contributed by atoms with Crippen molar-refractivity contribution in [3.63, 3.8) is 0 Å². The van der Waals surface area contributed by atoms with Gasteiger partial charge in [0.25, 0.3) is 0 Å². The van der Waals surface area contributed by atoms with Crippen LogP contribution in [0.1, 0.15) is 69.3 Å². The summed E-state index contributed by atoms with van der Waals surface area (Å²) in [5.74, 6) is 1.19. The van der Waals surface area contributed by atoms with Gasteiger partial charge in [-0.2, -0.15) is 0 Å². The van der Waals surface area contributed by atoms with Gasteiger partial charge < -0.3 is 10.0 Å². The normalized spacial score (nSPS) is 29.7. The van der Waals surface area contributed by atoms with E-state index in [1.807, 2.05) is 24.1 Å². The van der Waals surface area contributed by atoms with E-state index in [2.05, 4.69) is 11.0 Å². The smallest absolute Gasteiger partial charge is 0.236 e. The Bertz CT molecular complexity index is 627. The summed E-state index contributed by atoms with van der Waals surface area (Å²) >= 11 is 0. The first kappa shape index (κ1) is 17.8. The standard InChI is InChI=1S/C22H32N2O2/c1-23(18-7-3-2-4-8-18)22(26)15-24-19-10-11-20(24)13-17(12-19)16-6-5-9-21(25)14-16/h5-6,9,14,17-20,25H,2-4,7-8,10-13,15H2,1H3. The van der Waals surface area contributed by atoms with E-state index >= 15 is 0 Å². The highest BCUT2D eigenvalue weighted by Gasteiger charge is 2.42. The summed E-state index contributed by atoms with van der Waals surface area (Å²) in [4.78, 5) is 17.4. The molecule has 26 heavy (non-hydrogen) atoms. The lowest BCUT2D eigenvalue weighted by atomic mass is 9.85. The van der Waals surface area contributed by atoms with Gasteiger partial charge in [0.1, 0.15) is 5.75 Å². The Kier molecular flexibility index (Phi) is 5.21. The number of amides is 1. The summed E-state index contributed by atoms with van der Waals surface area (Å²) in [6.07, 6.45) is 10.8. The number of hydrogen-bond donors (Lipinski definition) is 1. The number of carbonyl (C=O) groups excluding carboxylic acids is 1. The number of fused-ring (bicyclic) bond motifs is 2. The Morgan fingerprint density at radius 2 is 1.81 bits per heavy atom. The van der Waals surface area contributed by atoms with Crippen molar-refractivity contribution in [1.82, 2.24) is 9.80 Å². The van der Waals surface area contributed by atoms with Gasteiger partial charge >= 0.3 is 0 Å². The van der Waals surface area contributed by atoms with Crippen LogP contribution in [0, 0.1) is 0 Å². The van der Waals surface area contributed by atoms with E-state index in [4.69, 9.17) is 0 Å². The molecule has 0 aromatic heterocycles. The molecule has 2 saturated heterocycles. The average Bonchev–Trinajstić information content (AvgIpc) is 2.89. The predicted octanol–water partition coefficient (Wildman–Crippen LogP) is 3.89.